The summed E-state index contributed by atoms with van der Waals surface area (Å²) in [5.74, 6) is -0.837. The lowest BCUT2D eigenvalue weighted by atomic mass is 10.2. The van der Waals surface area contributed by atoms with Crippen molar-refractivity contribution in [1.29, 1.82) is 0 Å². The van der Waals surface area contributed by atoms with Gasteiger partial charge in [0.1, 0.15) is 0 Å². The van der Waals surface area contributed by atoms with Gasteiger partial charge >= 0.3 is 11.9 Å². The molecule has 0 fully saturated rings. The van der Waals surface area contributed by atoms with E-state index in [-0.39, 0.29) is 12.4 Å². The van der Waals surface area contributed by atoms with E-state index in [4.69, 9.17) is 9.84 Å². The predicted octanol–water partition coefficient (Wildman–Crippen LogP) is 3.33. The molecule has 1 N–H and O–H groups in total. The van der Waals surface area contributed by atoms with Crippen LogP contribution in [0.2, 0.25) is 0 Å². The van der Waals surface area contributed by atoms with Crippen LogP contribution in [0.3, 0.4) is 0 Å². The fourth-order valence-electron chi connectivity index (χ4n) is 1.02. The van der Waals surface area contributed by atoms with Gasteiger partial charge in [0.15, 0.2) is 0 Å². The van der Waals surface area contributed by atoms with Crippen LogP contribution in [0, 0.1) is 0 Å². The molecule has 0 spiro atoms. The number of hydrogen-bond acceptors (Lipinski definition) is 3. The first-order valence-corrected chi connectivity index (χ1v) is 6.17. The Bertz CT molecular complexity index is 246. The highest BCUT2D eigenvalue weighted by Gasteiger charge is 1.98. The topological polar surface area (TPSA) is 63.6 Å². The van der Waals surface area contributed by atoms with E-state index in [2.05, 4.69) is 13.2 Å². The van der Waals surface area contributed by atoms with Crippen molar-refractivity contribution in [1.82, 2.24) is 0 Å². The van der Waals surface area contributed by atoms with Gasteiger partial charge in [-0.1, -0.05) is 12.2 Å². The Kier molecular flexibility index (Phi) is 16.1. The zero-order chi connectivity index (χ0) is 14.2. The molecule has 0 rings (SSSR count). The Balaban J connectivity index is 0. The van der Waals surface area contributed by atoms with E-state index in [0.29, 0.717) is 19.4 Å². The molecule has 0 aliphatic heterocycles. The van der Waals surface area contributed by atoms with Crippen molar-refractivity contribution in [3.63, 3.8) is 0 Å². The molecule has 0 atom stereocenters. The quantitative estimate of drug-likeness (QED) is 0.390. The van der Waals surface area contributed by atoms with Crippen LogP contribution >= 0.6 is 0 Å². The smallest absolute Gasteiger partial charge is 0.305 e. The summed E-state index contributed by atoms with van der Waals surface area (Å²) in [6, 6.07) is 0. The van der Waals surface area contributed by atoms with E-state index in [1.807, 2.05) is 6.92 Å². The fourth-order valence-corrected chi connectivity index (χ4v) is 1.02. The number of hydrogen-bond donors (Lipinski definition) is 1. The molecule has 104 valence electrons. The molecule has 18 heavy (non-hydrogen) atoms. The molecule has 0 bridgehead atoms. The number of ether oxygens (including phenoxy) is 1. The standard InChI is InChI=1S/C8H14O2.C6H10O2/c1-3-5-6-7-8(9)10-4-2;1-2-3-4-5-6(7)8/h3H,1,4-7H2,2H3;2H,1,3-5H2,(H,7,8). The first kappa shape index (κ1) is 18.8. The van der Waals surface area contributed by atoms with E-state index in [0.717, 1.165) is 19.3 Å². The lowest BCUT2D eigenvalue weighted by Gasteiger charge is -1.98. The Labute approximate surface area is 109 Å². The number of carbonyl (C=O) groups excluding carboxylic acids is 1. The average molecular weight is 256 g/mol. The summed E-state index contributed by atoms with van der Waals surface area (Å²) in [4.78, 5) is 20.5. The molecular formula is C14H24O4. The summed E-state index contributed by atoms with van der Waals surface area (Å²) < 4.78 is 4.72. The van der Waals surface area contributed by atoms with Gasteiger partial charge in [0.05, 0.1) is 6.61 Å². The van der Waals surface area contributed by atoms with Crippen LogP contribution in [0.4, 0.5) is 0 Å². The molecule has 0 saturated carbocycles. The molecule has 0 amide bonds. The van der Waals surface area contributed by atoms with E-state index < -0.39 is 5.97 Å². The monoisotopic (exact) mass is 256 g/mol. The number of carbonyl (C=O) groups is 2. The van der Waals surface area contributed by atoms with Crippen LogP contribution in [0.15, 0.2) is 25.3 Å². The maximum absolute atomic E-state index is 10.7. The Morgan fingerprint density at radius 3 is 2.00 bits per heavy atom. The maximum atomic E-state index is 10.7. The number of rotatable bonds is 9. The molecule has 0 radical (unpaired) electrons. The Morgan fingerprint density at radius 1 is 1.11 bits per heavy atom. The van der Waals surface area contributed by atoms with Crippen molar-refractivity contribution in [3.05, 3.63) is 25.3 Å². The number of carboxylic acids is 1. The Morgan fingerprint density at radius 2 is 1.61 bits per heavy atom. The minimum atomic E-state index is -0.730. The zero-order valence-electron chi connectivity index (χ0n) is 11.2. The van der Waals surface area contributed by atoms with Gasteiger partial charge in [0, 0.05) is 12.8 Å². The molecule has 0 aromatic rings. The molecule has 0 saturated heterocycles. The normalized spacial score (nSPS) is 8.72. The summed E-state index contributed by atoms with van der Waals surface area (Å²) >= 11 is 0. The van der Waals surface area contributed by atoms with Crippen LogP contribution in [0.1, 0.15) is 45.4 Å². The molecule has 0 aromatic heterocycles. The van der Waals surface area contributed by atoms with Crippen molar-refractivity contribution >= 4 is 11.9 Å². The van der Waals surface area contributed by atoms with Gasteiger partial charge in [-0.3, -0.25) is 9.59 Å². The fraction of sp³-hybridized carbons (Fsp3) is 0.571. The lowest BCUT2D eigenvalue weighted by molar-refractivity contribution is -0.143. The Hall–Kier alpha value is -1.58. The molecule has 4 heteroatoms. The largest absolute Gasteiger partial charge is 0.481 e. The van der Waals surface area contributed by atoms with Gasteiger partial charge in [0.25, 0.3) is 0 Å². The second kappa shape index (κ2) is 15.4. The lowest BCUT2D eigenvalue weighted by Crippen LogP contribution is -2.02. The van der Waals surface area contributed by atoms with Crippen molar-refractivity contribution in [3.8, 4) is 0 Å². The number of aliphatic carboxylic acids is 1. The van der Waals surface area contributed by atoms with E-state index >= 15 is 0 Å². The molecule has 0 aliphatic carbocycles. The highest BCUT2D eigenvalue weighted by Crippen LogP contribution is 1.97. The van der Waals surface area contributed by atoms with Crippen LogP contribution in [-0.4, -0.2) is 23.7 Å². The van der Waals surface area contributed by atoms with Crippen LogP contribution in [-0.2, 0) is 14.3 Å². The van der Waals surface area contributed by atoms with Gasteiger partial charge in [-0.25, -0.2) is 0 Å². The summed E-state index contributed by atoms with van der Waals surface area (Å²) in [6.45, 7) is 9.31. The average Bonchev–Trinajstić information content (AvgIpc) is 2.30. The minimum Gasteiger partial charge on any atom is -0.481 e. The minimum absolute atomic E-state index is 0.107. The third kappa shape index (κ3) is 19.9. The van der Waals surface area contributed by atoms with E-state index in [1.54, 1.807) is 12.2 Å². The van der Waals surface area contributed by atoms with E-state index in [1.165, 1.54) is 0 Å². The van der Waals surface area contributed by atoms with Crippen molar-refractivity contribution < 1.29 is 19.4 Å². The van der Waals surface area contributed by atoms with Gasteiger partial charge in [-0.15, -0.1) is 13.2 Å². The second-order valence-corrected chi connectivity index (χ2v) is 3.56. The third-order valence-electron chi connectivity index (χ3n) is 1.89. The highest BCUT2D eigenvalue weighted by atomic mass is 16.5. The van der Waals surface area contributed by atoms with Crippen molar-refractivity contribution in [2.24, 2.45) is 0 Å². The summed E-state index contributed by atoms with van der Waals surface area (Å²) in [5, 5.41) is 8.11. The predicted molar refractivity (Wildman–Crippen MR) is 72.4 cm³/mol. The van der Waals surface area contributed by atoms with Crippen molar-refractivity contribution in [2.75, 3.05) is 6.61 Å². The first-order valence-electron chi connectivity index (χ1n) is 6.17. The molecule has 0 heterocycles. The van der Waals surface area contributed by atoms with Gasteiger partial charge in [-0.05, 0) is 32.6 Å². The summed E-state index contributed by atoms with van der Waals surface area (Å²) in [7, 11) is 0. The van der Waals surface area contributed by atoms with Crippen molar-refractivity contribution in [2.45, 2.75) is 45.4 Å². The summed E-state index contributed by atoms with van der Waals surface area (Å²) in [6.07, 6.45) is 7.54. The van der Waals surface area contributed by atoms with Crippen LogP contribution in [0.5, 0.6) is 0 Å². The molecule has 0 unspecified atom stereocenters. The summed E-state index contributed by atoms with van der Waals surface area (Å²) in [5.41, 5.74) is 0. The molecular weight excluding hydrogens is 232 g/mol. The number of esters is 1. The van der Waals surface area contributed by atoms with Crippen LogP contribution < -0.4 is 0 Å². The SMILES string of the molecule is C=CCCCC(=O)O.C=CCCCC(=O)OCC. The van der Waals surface area contributed by atoms with Gasteiger partial charge in [-0.2, -0.15) is 0 Å². The highest BCUT2D eigenvalue weighted by molar-refractivity contribution is 5.69. The van der Waals surface area contributed by atoms with Gasteiger partial charge in [0.2, 0.25) is 0 Å². The molecule has 0 aromatic carbocycles. The number of allylic oxidation sites excluding steroid dienone is 2. The van der Waals surface area contributed by atoms with E-state index in [9.17, 15) is 9.59 Å². The van der Waals surface area contributed by atoms with Crippen LogP contribution in [0.25, 0.3) is 0 Å². The van der Waals surface area contributed by atoms with Gasteiger partial charge < -0.3 is 9.84 Å². The maximum Gasteiger partial charge on any atom is 0.305 e. The number of unbranched alkanes of at least 4 members (excludes halogenated alkanes) is 2. The first-order chi connectivity index (χ1) is 8.58. The number of carboxylic acid groups (broad SMARTS) is 1. The third-order valence-corrected chi connectivity index (χ3v) is 1.89. The molecule has 4 nitrogen and oxygen atoms in total. The molecule has 0 aliphatic rings. The second-order valence-electron chi connectivity index (χ2n) is 3.56. The zero-order valence-corrected chi connectivity index (χ0v) is 11.2.